The molecule has 0 amide bonds. The van der Waals surface area contributed by atoms with Gasteiger partial charge in [-0.05, 0) is 33.1 Å². The minimum Gasteiger partial charge on any atom is -0.374 e. The summed E-state index contributed by atoms with van der Waals surface area (Å²) in [6, 6.07) is 0.850. The van der Waals surface area contributed by atoms with Crippen molar-refractivity contribution < 1.29 is 13.3 Å². The third kappa shape index (κ3) is 11.4. The van der Waals surface area contributed by atoms with E-state index in [-0.39, 0.29) is 0 Å². The first-order chi connectivity index (χ1) is 8.16. The van der Waals surface area contributed by atoms with Crippen molar-refractivity contribution in [2.75, 3.05) is 32.1 Å². The second-order valence-electron chi connectivity index (χ2n) is 3.29. The van der Waals surface area contributed by atoms with Crippen molar-refractivity contribution in [1.82, 2.24) is 0 Å². The van der Waals surface area contributed by atoms with Gasteiger partial charge in [-0.3, -0.25) is 0 Å². The van der Waals surface area contributed by atoms with Gasteiger partial charge in [0, 0.05) is 25.9 Å². The molecule has 0 unspecified atom stereocenters. The normalized spacial score (nSPS) is 10.9. The molecule has 17 heavy (non-hydrogen) atoms. The van der Waals surface area contributed by atoms with E-state index < -0.39 is 8.80 Å². The summed E-state index contributed by atoms with van der Waals surface area (Å²) < 4.78 is 16.7. The van der Waals surface area contributed by atoms with Crippen molar-refractivity contribution in [3.05, 3.63) is 0 Å². The smallest absolute Gasteiger partial charge is 0.374 e. The Bertz CT molecular complexity index is 129. The van der Waals surface area contributed by atoms with Crippen LogP contribution in [0, 0.1) is 0 Å². The van der Waals surface area contributed by atoms with Gasteiger partial charge in [0.05, 0.1) is 0 Å². The van der Waals surface area contributed by atoms with Crippen LogP contribution >= 0.6 is 8.58 Å². The average molecular weight is 282 g/mol. The van der Waals surface area contributed by atoms with Gasteiger partial charge in [-0.2, -0.15) is 0 Å². The Morgan fingerprint density at radius 1 is 0.706 bits per heavy atom. The summed E-state index contributed by atoms with van der Waals surface area (Å²) in [6.45, 7) is 14.4. The predicted octanol–water partition coefficient (Wildman–Crippen LogP) is 3.76. The van der Waals surface area contributed by atoms with Crippen LogP contribution in [-0.4, -0.2) is 40.9 Å². The van der Waals surface area contributed by atoms with E-state index in [9.17, 15) is 0 Å². The van der Waals surface area contributed by atoms with Crippen LogP contribution in [0.1, 0.15) is 41.5 Å². The van der Waals surface area contributed by atoms with Gasteiger partial charge in [-0.25, -0.2) is 0 Å². The maximum atomic E-state index is 5.55. The highest BCUT2D eigenvalue weighted by Gasteiger charge is 2.37. The monoisotopic (exact) mass is 282 g/mol. The quantitative estimate of drug-likeness (QED) is 0.476. The second-order valence-corrected chi connectivity index (χ2v) is 8.15. The van der Waals surface area contributed by atoms with E-state index in [4.69, 9.17) is 13.3 Å². The Balaban J connectivity index is 0. The SMILES string of the molecule is CCO[Si](CC)(OCC)OCC.CCPCC. The molecule has 0 rings (SSSR count). The Morgan fingerprint density at radius 2 is 1.06 bits per heavy atom. The lowest BCUT2D eigenvalue weighted by Crippen LogP contribution is -2.45. The van der Waals surface area contributed by atoms with Gasteiger partial charge in [0.2, 0.25) is 0 Å². The second kappa shape index (κ2) is 14.6. The van der Waals surface area contributed by atoms with E-state index in [1.165, 1.54) is 20.9 Å². The van der Waals surface area contributed by atoms with Gasteiger partial charge in [-0.15, -0.1) is 8.58 Å². The molecule has 0 spiro atoms. The van der Waals surface area contributed by atoms with Crippen LogP contribution in [0.15, 0.2) is 0 Å². The molecule has 0 saturated heterocycles. The highest BCUT2D eigenvalue weighted by molar-refractivity contribution is 7.37. The third-order valence-corrected chi connectivity index (χ3v) is 6.08. The van der Waals surface area contributed by atoms with Crippen molar-refractivity contribution in [3.63, 3.8) is 0 Å². The summed E-state index contributed by atoms with van der Waals surface area (Å²) in [5.41, 5.74) is 0. The molecule has 5 heteroatoms. The van der Waals surface area contributed by atoms with Crippen LogP contribution in [-0.2, 0) is 13.3 Å². The van der Waals surface area contributed by atoms with Crippen molar-refractivity contribution in [2.24, 2.45) is 0 Å². The minimum atomic E-state index is -2.27. The zero-order valence-electron chi connectivity index (χ0n) is 12.5. The number of hydrogen-bond acceptors (Lipinski definition) is 3. The minimum absolute atomic E-state index is 0.667. The van der Waals surface area contributed by atoms with Crippen LogP contribution in [0.25, 0.3) is 0 Å². The molecule has 0 bridgehead atoms. The molecule has 0 saturated carbocycles. The van der Waals surface area contributed by atoms with Crippen LogP contribution in [0.3, 0.4) is 0 Å². The first kappa shape index (κ1) is 19.9. The molecule has 0 aromatic heterocycles. The first-order valence-electron chi connectivity index (χ1n) is 6.78. The highest BCUT2D eigenvalue weighted by Crippen LogP contribution is 2.14. The highest BCUT2D eigenvalue weighted by atomic mass is 31.1. The van der Waals surface area contributed by atoms with Gasteiger partial charge in [0.1, 0.15) is 0 Å². The molecular formula is C12H31O3PSi. The van der Waals surface area contributed by atoms with Gasteiger partial charge < -0.3 is 13.3 Å². The van der Waals surface area contributed by atoms with E-state index in [0.717, 1.165) is 6.04 Å². The van der Waals surface area contributed by atoms with E-state index >= 15 is 0 Å². The van der Waals surface area contributed by atoms with Crippen molar-refractivity contribution in [1.29, 1.82) is 0 Å². The third-order valence-electron chi connectivity index (χ3n) is 2.03. The first-order valence-corrected chi connectivity index (χ1v) is 10.1. The van der Waals surface area contributed by atoms with Crippen LogP contribution in [0.2, 0.25) is 6.04 Å². The fraction of sp³-hybridized carbons (Fsp3) is 1.00. The molecule has 0 atom stereocenters. The van der Waals surface area contributed by atoms with Crippen LogP contribution in [0.4, 0.5) is 0 Å². The fourth-order valence-corrected chi connectivity index (χ4v) is 4.02. The summed E-state index contributed by atoms with van der Waals surface area (Å²) in [6.07, 6.45) is 2.74. The lowest BCUT2D eigenvalue weighted by Gasteiger charge is -2.26. The fourth-order valence-electron chi connectivity index (χ4n) is 1.34. The Hall–Kier alpha value is 0.527. The van der Waals surface area contributed by atoms with Crippen molar-refractivity contribution in [3.8, 4) is 0 Å². The number of hydrogen-bond donors (Lipinski definition) is 0. The summed E-state index contributed by atoms with van der Waals surface area (Å²) >= 11 is 0. The molecule has 0 aliphatic rings. The predicted molar refractivity (Wildman–Crippen MR) is 80.5 cm³/mol. The van der Waals surface area contributed by atoms with Gasteiger partial charge in [0.25, 0.3) is 0 Å². The summed E-state index contributed by atoms with van der Waals surface area (Å²) in [5, 5.41) is 0. The molecule has 0 radical (unpaired) electrons. The lowest BCUT2D eigenvalue weighted by molar-refractivity contribution is 0.0725. The lowest BCUT2D eigenvalue weighted by atomic mass is 10.9. The standard InChI is InChI=1S/C8H20O3Si.C4H11P/c1-5-9-12(8-4,10-6-2)11-7-3;1-3-5-4-2/h5-8H2,1-4H3;5H,3-4H2,1-2H3. The van der Waals surface area contributed by atoms with Gasteiger partial charge >= 0.3 is 8.80 Å². The average Bonchev–Trinajstić information content (AvgIpc) is 2.32. The molecular weight excluding hydrogens is 251 g/mol. The molecule has 0 N–H and O–H groups in total. The van der Waals surface area contributed by atoms with E-state index in [1.54, 1.807) is 0 Å². The van der Waals surface area contributed by atoms with Crippen LogP contribution < -0.4 is 0 Å². The van der Waals surface area contributed by atoms with E-state index in [0.29, 0.717) is 19.8 Å². The maximum absolute atomic E-state index is 5.55. The summed E-state index contributed by atoms with van der Waals surface area (Å²) in [5.74, 6) is 0. The van der Waals surface area contributed by atoms with Gasteiger partial charge in [-0.1, -0.05) is 20.8 Å². The van der Waals surface area contributed by atoms with Crippen molar-refractivity contribution >= 4 is 17.4 Å². The molecule has 3 nitrogen and oxygen atoms in total. The molecule has 0 aliphatic heterocycles. The topological polar surface area (TPSA) is 27.7 Å². The van der Waals surface area contributed by atoms with Crippen molar-refractivity contribution in [2.45, 2.75) is 47.6 Å². The molecule has 0 aromatic rings. The summed E-state index contributed by atoms with van der Waals surface area (Å²) in [7, 11) is -1.07. The maximum Gasteiger partial charge on any atom is 0.500 e. The number of rotatable bonds is 9. The zero-order valence-corrected chi connectivity index (χ0v) is 14.5. The molecule has 0 heterocycles. The zero-order chi connectivity index (χ0) is 13.6. The Labute approximate surface area is 111 Å². The Kier molecular flexibility index (Phi) is 17.0. The Morgan fingerprint density at radius 3 is 1.18 bits per heavy atom. The molecule has 0 aromatic carbocycles. The van der Waals surface area contributed by atoms with Crippen LogP contribution in [0.5, 0.6) is 0 Å². The molecule has 106 valence electrons. The largest absolute Gasteiger partial charge is 0.500 e. The van der Waals surface area contributed by atoms with E-state index in [1.807, 2.05) is 27.7 Å². The summed E-state index contributed by atoms with van der Waals surface area (Å²) in [4.78, 5) is 0. The van der Waals surface area contributed by atoms with E-state index in [2.05, 4.69) is 13.8 Å². The molecule has 0 aliphatic carbocycles. The van der Waals surface area contributed by atoms with Gasteiger partial charge in [0.15, 0.2) is 0 Å². The molecule has 0 fully saturated rings.